The highest BCUT2D eigenvalue weighted by Crippen LogP contribution is 2.01. The van der Waals surface area contributed by atoms with Crippen LogP contribution in [-0.4, -0.2) is 24.3 Å². The fourth-order valence-corrected chi connectivity index (χ4v) is 1.50. The van der Waals surface area contributed by atoms with E-state index in [4.69, 9.17) is 11.6 Å². The first-order valence-corrected chi connectivity index (χ1v) is 6.15. The van der Waals surface area contributed by atoms with Crippen LogP contribution in [0, 0.1) is 0 Å². The monoisotopic (exact) mass is 269 g/mol. The van der Waals surface area contributed by atoms with Gasteiger partial charge < -0.3 is 10.1 Å². The molecule has 2 rings (SSSR count). The summed E-state index contributed by atoms with van der Waals surface area (Å²) in [6, 6.07) is 9.36. The molecule has 0 aliphatic carbocycles. The van der Waals surface area contributed by atoms with Crippen LogP contribution in [0.2, 0.25) is 0 Å². The molecule has 1 aromatic rings. The highest BCUT2D eigenvalue weighted by molar-refractivity contribution is 6.61. The van der Waals surface area contributed by atoms with Crippen molar-refractivity contribution >= 4 is 22.8 Å². The zero-order valence-electron chi connectivity index (χ0n) is 10.0. The minimum atomic E-state index is -0.770. The summed E-state index contributed by atoms with van der Waals surface area (Å²) in [5.74, 6) is 0.353. The van der Waals surface area contributed by atoms with Crippen LogP contribution in [0.25, 0.3) is 0 Å². The summed E-state index contributed by atoms with van der Waals surface area (Å²) in [6.07, 6.45) is 1.81. The van der Waals surface area contributed by atoms with Crippen LogP contribution >= 0.6 is 11.6 Å². The maximum absolute atomic E-state index is 10.4. The van der Waals surface area contributed by atoms with E-state index in [0.29, 0.717) is 12.3 Å². The first-order chi connectivity index (χ1) is 8.68. The molecule has 0 spiro atoms. The Balaban J connectivity index is 0.000000199. The number of carbonyl (C=O) groups is 2. The van der Waals surface area contributed by atoms with Gasteiger partial charge in [0, 0.05) is 18.0 Å². The van der Waals surface area contributed by atoms with Crippen molar-refractivity contribution in [2.45, 2.75) is 19.4 Å². The number of hydrogen-bond donors (Lipinski definition) is 1. The summed E-state index contributed by atoms with van der Waals surface area (Å²) in [5.41, 5.74) is 0.162. The van der Waals surface area contributed by atoms with Crippen LogP contribution in [0.4, 0.5) is 4.79 Å². The largest absolute Gasteiger partial charge is 0.449 e. The Morgan fingerprint density at radius 1 is 1.33 bits per heavy atom. The lowest BCUT2D eigenvalue weighted by Gasteiger charge is -2.08. The van der Waals surface area contributed by atoms with E-state index in [1.54, 1.807) is 0 Å². The summed E-state index contributed by atoms with van der Waals surface area (Å²) in [6.45, 7) is 1.86. The minimum Gasteiger partial charge on any atom is -0.449 e. The second-order valence-corrected chi connectivity index (χ2v) is 4.14. The first-order valence-electron chi connectivity index (χ1n) is 5.77. The average Bonchev–Trinajstić information content (AvgIpc) is 2.39. The molecule has 1 heterocycles. The lowest BCUT2D eigenvalue weighted by Crippen LogP contribution is -2.29. The fraction of sp³-hybridized carbons (Fsp3) is 0.385. The summed E-state index contributed by atoms with van der Waals surface area (Å²) >= 11 is 4.97. The second-order valence-electron chi connectivity index (χ2n) is 3.83. The topological polar surface area (TPSA) is 55.4 Å². The van der Waals surface area contributed by atoms with Crippen LogP contribution in [0.15, 0.2) is 30.3 Å². The standard InChI is InChI=1S/C8H7ClO2.C5H9NO/c9-8(10)11-6-7-4-2-1-3-5-7;7-5-2-1-3-6-4-5/h1-5H,6H2;6H,1-4H2. The number of rotatable bonds is 2. The van der Waals surface area contributed by atoms with Gasteiger partial charge in [0.05, 0.1) is 6.54 Å². The Hall–Kier alpha value is -1.39. The molecule has 98 valence electrons. The molecule has 1 saturated heterocycles. The molecule has 0 unspecified atom stereocenters. The third-order valence-electron chi connectivity index (χ3n) is 2.33. The first kappa shape index (κ1) is 14.7. The molecule has 1 aliphatic rings. The van der Waals surface area contributed by atoms with Gasteiger partial charge in [0.25, 0.3) is 0 Å². The fourth-order valence-electron chi connectivity index (χ4n) is 1.44. The van der Waals surface area contributed by atoms with Crippen molar-refractivity contribution in [3.63, 3.8) is 0 Å². The summed E-state index contributed by atoms with van der Waals surface area (Å²) in [4.78, 5) is 20.6. The number of hydrogen-bond acceptors (Lipinski definition) is 4. The number of halogens is 1. The van der Waals surface area contributed by atoms with E-state index in [2.05, 4.69) is 10.1 Å². The van der Waals surface area contributed by atoms with Gasteiger partial charge in [-0.15, -0.1) is 0 Å². The van der Waals surface area contributed by atoms with Gasteiger partial charge in [0.15, 0.2) is 0 Å². The van der Waals surface area contributed by atoms with Crippen molar-refractivity contribution < 1.29 is 14.3 Å². The van der Waals surface area contributed by atoms with E-state index >= 15 is 0 Å². The summed E-state index contributed by atoms with van der Waals surface area (Å²) in [7, 11) is 0. The molecule has 4 nitrogen and oxygen atoms in total. The van der Waals surface area contributed by atoms with E-state index in [9.17, 15) is 9.59 Å². The van der Waals surface area contributed by atoms with Gasteiger partial charge in [0.2, 0.25) is 0 Å². The molecule has 1 aromatic carbocycles. The van der Waals surface area contributed by atoms with E-state index in [1.165, 1.54) is 0 Å². The highest BCUT2D eigenvalue weighted by atomic mass is 35.5. The molecule has 0 radical (unpaired) electrons. The third-order valence-corrected chi connectivity index (χ3v) is 2.44. The van der Waals surface area contributed by atoms with Crippen molar-refractivity contribution in [1.29, 1.82) is 0 Å². The molecule has 1 N–H and O–H groups in total. The smallest absolute Gasteiger partial charge is 0.404 e. The molecular formula is C13H16ClNO3. The van der Waals surface area contributed by atoms with Gasteiger partial charge in [-0.3, -0.25) is 4.79 Å². The van der Waals surface area contributed by atoms with Gasteiger partial charge in [-0.2, -0.15) is 0 Å². The van der Waals surface area contributed by atoms with Gasteiger partial charge in [-0.05, 0) is 18.5 Å². The predicted octanol–water partition coefficient (Wildman–Crippen LogP) is 2.50. The number of ether oxygens (including phenoxy) is 1. The van der Waals surface area contributed by atoms with E-state index in [-0.39, 0.29) is 6.61 Å². The molecule has 5 heteroatoms. The Bertz CT molecular complexity index is 373. The lowest BCUT2D eigenvalue weighted by molar-refractivity contribution is -0.119. The zero-order valence-corrected chi connectivity index (χ0v) is 10.8. The van der Waals surface area contributed by atoms with Crippen molar-refractivity contribution in [3.8, 4) is 0 Å². The van der Waals surface area contributed by atoms with Gasteiger partial charge in [-0.25, -0.2) is 4.79 Å². The normalized spacial score (nSPS) is 14.4. The molecule has 1 aliphatic heterocycles. The zero-order chi connectivity index (χ0) is 13.2. The molecule has 0 amide bonds. The molecule has 1 fully saturated rings. The van der Waals surface area contributed by atoms with E-state index in [1.807, 2.05) is 30.3 Å². The molecule has 18 heavy (non-hydrogen) atoms. The Labute approximate surface area is 111 Å². The molecule has 0 saturated carbocycles. The molecule has 0 aromatic heterocycles. The SMILES string of the molecule is O=C(Cl)OCc1ccccc1.O=C1CCCNC1. The number of carbonyl (C=O) groups excluding carboxylic acids is 2. The van der Waals surface area contributed by atoms with Gasteiger partial charge >= 0.3 is 5.43 Å². The quantitative estimate of drug-likeness (QED) is 0.838. The second kappa shape index (κ2) is 8.66. The number of benzene rings is 1. The molecular weight excluding hydrogens is 254 g/mol. The van der Waals surface area contributed by atoms with Crippen LogP contribution in [0.3, 0.4) is 0 Å². The lowest BCUT2D eigenvalue weighted by atomic mass is 10.1. The van der Waals surface area contributed by atoms with Crippen molar-refractivity contribution in [2.75, 3.05) is 13.1 Å². The van der Waals surface area contributed by atoms with Crippen molar-refractivity contribution in [3.05, 3.63) is 35.9 Å². The predicted molar refractivity (Wildman–Crippen MR) is 69.6 cm³/mol. The molecule has 0 bridgehead atoms. The summed E-state index contributed by atoms with van der Waals surface area (Å²) in [5, 5.41) is 2.98. The maximum atomic E-state index is 10.4. The molecule has 0 atom stereocenters. The van der Waals surface area contributed by atoms with Crippen molar-refractivity contribution in [1.82, 2.24) is 5.32 Å². The average molecular weight is 270 g/mol. The Kier molecular flexibility index (Phi) is 7.06. The number of piperidine rings is 1. The van der Waals surface area contributed by atoms with E-state index < -0.39 is 5.43 Å². The van der Waals surface area contributed by atoms with Gasteiger partial charge in [0.1, 0.15) is 12.4 Å². The number of Topliss-reactive ketones (excluding diaryl/α,β-unsaturated/α-hetero) is 1. The number of ketones is 1. The summed E-state index contributed by atoms with van der Waals surface area (Å²) < 4.78 is 4.55. The Morgan fingerprint density at radius 2 is 2.06 bits per heavy atom. The maximum Gasteiger partial charge on any atom is 0.404 e. The van der Waals surface area contributed by atoms with Gasteiger partial charge in [-0.1, -0.05) is 30.3 Å². The Morgan fingerprint density at radius 3 is 2.50 bits per heavy atom. The van der Waals surface area contributed by atoms with Crippen LogP contribution in [0.1, 0.15) is 18.4 Å². The highest BCUT2D eigenvalue weighted by Gasteiger charge is 2.04. The van der Waals surface area contributed by atoms with E-state index in [0.717, 1.165) is 24.9 Å². The van der Waals surface area contributed by atoms with Crippen LogP contribution in [0.5, 0.6) is 0 Å². The minimum absolute atomic E-state index is 0.239. The number of nitrogens with one attached hydrogen (secondary N) is 1. The van der Waals surface area contributed by atoms with Crippen molar-refractivity contribution in [2.24, 2.45) is 0 Å². The third kappa shape index (κ3) is 7.04. The van der Waals surface area contributed by atoms with Crippen LogP contribution in [-0.2, 0) is 16.1 Å². The van der Waals surface area contributed by atoms with Crippen LogP contribution < -0.4 is 5.32 Å².